The van der Waals surface area contributed by atoms with Crippen LogP contribution in [-0.4, -0.2) is 26.6 Å². The lowest BCUT2D eigenvalue weighted by Gasteiger charge is -2.27. The van der Waals surface area contributed by atoms with E-state index in [1.54, 1.807) is 0 Å². The zero-order valence-corrected chi connectivity index (χ0v) is 13.4. The Morgan fingerprint density at radius 3 is 2.62 bits per heavy atom. The minimum absolute atomic E-state index is 0.121. The van der Waals surface area contributed by atoms with Gasteiger partial charge >= 0.3 is 0 Å². The lowest BCUT2D eigenvalue weighted by atomic mass is 9.84. The largest absolute Gasteiger partial charge is 0.327 e. The van der Waals surface area contributed by atoms with Crippen molar-refractivity contribution in [2.45, 2.75) is 36.6 Å². The van der Waals surface area contributed by atoms with Crippen molar-refractivity contribution in [3.8, 4) is 0 Å². The van der Waals surface area contributed by atoms with Gasteiger partial charge in [-0.15, -0.1) is 0 Å². The fourth-order valence-electron chi connectivity index (χ4n) is 2.54. The van der Waals surface area contributed by atoms with E-state index in [-0.39, 0.29) is 22.8 Å². The van der Waals surface area contributed by atoms with E-state index in [2.05, 4.69) is 5.32 Å². The van der Waals surface area contributed by atoms with E-state index in [1.165, 1.54) is 18.2 Å². The first-order chi connectivity index (χ1) is 9.79. The molecule has 0 heterocycles. The highest BCUT2D eigenvalue weighted by Crippen LogP contribution is 2.28. The third kappa shape index (κ3) is 3.96. The molecule has 1 aromatic carbocycles. The third-order valence-electron chi connectivity index (χ3n) is 3.78. The summed E-state index contributed by atoms with van der Waals surface area (Å²) in [4.78, 5) is 12.4. The molecule has 116 valence electrons. The topological polar surface area (TPSA) is 89.3 Å². The second-order valence-electron chi connectivity index (χ2n) is 5.46. The lowest BCUT2D eigenvalue weighted by molar-refractivity contribution is -0.121. The number of sulfone groups is 1. The fraction of sp³-hybridized carbons (Fsp3) is 0.500. The van der Waals surface area contributed by atoms with Gasteiger partial charge in [-0.1, -0.05) is 24.4 Å². The van der Waals surface area contributed by atoms with Crippen LogP contribution in [0.2, 0.25) is 5.02 Å². The summed E-state index contributed by atoms with van der Waals surface area (Å²) >= 11 is 6.02. The van der Waals surface area contributed by atoms with Crippen LogP contribution < -0.4 is 11.1 Å². The van der Waals surface area contributed by atoms with Crippen LogP contribution in [0.4, 0.5) is 5.69 Å². The minimum Gasteiger partial charge on any atom is -0.327 e. The van der Waals surface area contributed by atoms with Gasteiger partial charge in [-0.3, -0.25) is 4.79 Å². The number of nitrogens with two attached hydrogens (primary N) is 1. The maximum atomic E-state index is 12.3. The van der Waals surface area contributed by atoms with Crippen LogP contribution in [0.1, 0.15) is 25.7 Å². The summed E-state index contributed by atoms with van der Waals surface area (Å²) in [5.74, 6) is -0.452. The number of hydrogen-bond donors (Lipinski definition) is 2. The SMILES string of the molecule is CS(=O)(=O)c1ccc(Cl)c(NC(=O)C2CCCCC2N)c1. The smallest absolute Gasteiger partial charge is 0.229 e. The monoisotopic (exact) mass is 330 g/mol. The first-order valence-corrected chi connectivity index (χ1v) is 9.12. The summed E-state index contributed by atoms with van der Waals surface area (Å²) in [6.07, 6.45) is 4.70. The Labute approximate surface area is 129 Å². The average Bonchev–Trinajstić information content (AvgIpc) is 2.40. The molecule has 0 radical (unpaired) electrons. The molecule has 21 heavy (non-hydrogen) atoms. The van der Waals surface area contributed by atoms with E-state index in [4.69, 9.17) is 17.3 Å². The van der Waals surface area contributed by atoms with Crippen molar-refractivity contribution in [1.82, 2.24) is 0 Å². The summed E-state index contributed by atoms with van der Waals surface area (Å²) in [6, 6.07) is 4.11. The number of anilines is 1. The van der Waals surface area contributed by atoms with Gasteiger partial charge in [0, 0.05) is 12.3 Å². The highest BCUT2D eigenvalue weighted by molar-refractivity contribution is 7.90. The first-order valence-electron chi connectivity index (χ1n) is 6.85. The molecule has 0 saturated heterocycles. The molecule has 2 atom stereocenters. The van der Waals surface area contributed by atoms with E-state index >= 15 is 0 Å². The second-order valence-corrected chi connectivity index (χ2v) is 7.88. The van der Waals surface area contributed by atoms with Crippen molar-refractivity contribution in [3.05, 3.63) is 23.2 Å². The molecule has 1 aliphatic carbocycles. The molecule has 1 saturated carbocycles. The highest BCUT2D eigenvalue weighted by Gasteiger charge is 2.28. The van der Waals surface area contributed by atoms with Crippen molar-refractivity contribution in [2.24, 2.45) is 11.7 Å². The molecule has 0 bridgehead atoms. The van der Waals surface area contributed by atoms with Gasteiger partial charge in [0.1, 0.15) is 0 Å². The highest BCUT2D eigenvalue weighted by atomic mass is 35.5. The van der Waals surface area contributed by atoms with Gasteiger partial charge < -0.3 is 11.1 Å². The molecule has 5 nitrogen and oxygen atoms in total. The summed E-state index contributed by atoms with van der Waals surface area (Å²) in [6.45, 7) is 0. The molecular weight excluding hydrogens is 312 g/mol. The third-order valence-corrected chi connectivity index (χ3v) is 5.22. The van der Waals surface area contributed by atoms with Crippen LogP contribution in [0, 0.1) is 5.92 Å². The number of halogens is 1. The maximum absolute atomic E-state index is 12.3. The van der Waals surface area contributed by atoms with Crippen LogP contribution >= 0.6 is 11.6 Å². The quantitative estimate of drug-likeness (QED) is 0.889. The molecule has 0 aromatic heterocycles. The van der Waals surface area contributed by atoms with Crippen molar-refractivity contribution in [1.29, 1.82) is 0 Å². The Balaban J connectivity index is 2.20. The number of benzene rings is 1. The van der Waals surface area contributed by atoms with Crippen molar-refractivity contribution < 1.29 is 13.2 Å². The number of nitrogens with one attached hydrogen (secondary N) is 1. The summed E-state index contributed by atoms with van der Waals surface area (Å²) in [5.41, 5.74) is 6.29. The van der Waals surface area contributed by atoms with Gasteiger partial charge in [0.05, 0.1) is 21.5 Å². The van der Waals surface area contributed by atoms with Crippen LogP contribution in [-0.2, 0) is 14.6 Å². The molecule has 1 amide bonds. The minimum atomic E-state index is -3.35. The average molecular weight is 331 g/mol. The van der Waals surface area contributed by atoms with Gasteiger partial charge in [0.25, 0.3) is 0 Å². The first kappa shape index (κ1) is 16.3. The molecule has 1 aromatic rings. The second kappa shape index (κ2) is 6.34. The molecular formula is C14H19ClN2O3S. The van der Waals surface area contributed by atoms with E-state index in [0.717, 1.165) is 31.9 Å². The van der Waals surface area contributed by atoms with Crippen LogP contribution in [0.25, 0.3) is 0 Å². The number of rotatable bonds is 3. The van der Waals surface area contributed by atoms with Gasteiger partial charge in [-0.25, -0.2) is 8.42 Å². The molecule has 2 unspecified atom stereocenters. The summed E-state index contributed by atoms with van der Waals surface area (Å²) in [5, 5.41) is 3.01. The molecule has 0 spiro atoms. The number of hydrogen-bond acceptors (Lipinski definition) is 4. The normalized spacial score (nSPS) is 22.8. The van der Waals surface area contributed by atoms with Gasteiger partial charge in [0.15, 0.2) is 9.84 Å². The number of carbonyl (C=O) groups excluding carboxylic acids is 1. The van der Waals surface area contributed by atoms with E-state index in [1.807, 2.05) is 0 Å². The summed E-state index contributed by atoms with van der Waals surface area (Å²) in [7, 11) is -3.35. The molecule has 1 aliphatic rings. The van der Waals surface area contributed by atoms with Crippen molar-refractivity contribution in [3.63, 3.8) is 0 Å². The Morgan fingerprint density at radius 2 is 2.00 bits per heavy atom. The molecule has 0 aliphatic heterocycles. The predicted octanol–water partition coefficient (Wildman–Crippen LogP) is 2.20. The predicted molar refractivity (Wildman–Crippen MR) is 83.1 cm³/mol. The zero-order valence-electron chi connectivity index (χ0n) is 11.8. The molecule has 7 heteroatoms. The molecule has 3 N–H and O–H groups in total. The Kier molecular flexibility index (Phi) is 4.91. The van der Waals surface area contributed by atoms with E-state index in [0.29, 0.717) is 10.7 Å². The lowest BCUT2D eigenvalue weighted by Crippen LogP contribution is -2.40. The van der Waals surface area contributed by atoms with Crippen LogP contribution in [0.3, 0.4) is 0 Å². The Bertz CT molecular complexity index is 646. The Hall–Kier alpha value is -1.11. The van der Waals surface area contributed by atoms with Gasteiger partial charge in [0.2, 0.25) is 5.91 Å². The number of amides is 1. The van der Waals surface area contributed by atoms with E-state index < -0.39 is 9.84 Å². The summed E-state index contributed by atoms with van der Waals surface area (Å²) < 4.78 is 23.1. The van der Waals surface area contributed by atoms with Gasteiger partial charge in [-0.2, -0.15) is 0 Å². The fourth-order valence-corrected chi connectivity index (χ4v) is 3.35. The molecule has 1 fully saturated rings. The van der Waals surface area contributed by atoms with Crippen LogP contribution in [0.5, 0.6) is 0 Å². The zero-order chi connectivity index (χ0) is 15.6. The van der Waals surface area contributed by atoms with Gasteiger partial charge in [-0.05, 0) is 31.0 Å². The van der Waals surface area contributed by atoms with Crippen LogP contribution in [0.15, 0.2) is 23.1 Å². The molecule has 2 rings (SSSR count). The van der Waals surface area contributed by atoms with Crippen molar-refractivity contribution >= 4 is 33.0 Å². The maximum Gasteiger partial charge on any atom is 0.229 e. The van der Waals surface area contributed by atoms with Crippen molar-refractivity contribution in [2.75, 3.05) is 11.6 Å². The van der Waals surface area contributed by atoms with E-state index in [9.17, 15) is 13.2 Å². The standard InChI is InChI=1S/C14H19ClN2O3S/c1-21(19,20)9-6-7-11(15)13(8-9)17-14(18)10-4-2-3-5-12(10)16/h6-8,10,12H,2-5,16H2,1H3,(H,17,18). The Morgan fingerprint density at radius 1 is 1.33 bits per heavy atom. The number of carbonyl (C=O) groups is 1.